The van der Waals surface area contributed by atoms with Crippen molar-refractivity contribution in [2.45, 2.75) is 38.6 Å². The van der Waals surface area contributed by atoms with Crippen LogP contribution in [0, 0.1) is 5.92 Å². The third kappa shape index (κ3) is 3.97. The molecule has 0 aromatic heterocycles. The molecule has 1 aliphatic rings. The zero-order valence-electron chi connectivity index (χ0n) is 12.3. The quantitative estimate of drug-likeness (QED) is 0.932. The number of benzene rings is 1. The van der Waals surface area contributed by atoms with E-state index in [0.29, 0.717) is 5.92 Å². The number of halogens is 1. The third-order valence-corrected chi connectivity index (χ3v) is 4.18. The molecule has 1 saturated heterocycles. The van der Waals surface area contributed by atoms with Gasteiger partial charge in [0.15, 0.2) is 0 Å². The van der Waals surface area contributed by atoms with Crippen LogP contribution >= 0.6 is 12.4 Å². The number of hydrogen-bond donors (Lipinski definition) is 1. The number of carbonyl (C=O) groups is 1. The van der Waals surface area contributed by atoms with Gasteiger partial charge in [0.2, 0.25) is 5.91 Å². The van der Waals surface area contributed by atoms with Crippen molar-refractivity contribution in [2.24, 2.45) is 11.7 Å². The molecule has 0 aliphatic carbocycles. The SMILES string of the molecule is CC(C(=O)N1CCCC(C(C)N)C1)c1ccccc1.Cl. The van der Waals surface area contributed by atoms with Crippen molar-refractivity contribution in [3.63, 3.8) is 0 Å². The summed E-state index contributed by atoms with van der Waals surface area (Å²) in [6, 6.07) is 10.2. The largest absolute Gasteiger partial charge is 0.342 e. The number of nitrogens with zero attached hydrogens (tertiary/aromatic N) is 1. The van der Waals surface area contributed by atoms with Crippen LogP contribution in [-0.4, -0.2) is 29.9 Å². The van der Waals surface area contributed by atoms with Gasteiger partial charge in [-0.25, -0.2) is 0 Å². The Balaban J connectivity index is 0.00000200. The number of likely N-dealkylation sites (tertiary alicyclic amines) is 1. The summed E-state index contributed by atoms with van der Waals surface area (Å²) in [7, 11) is 0. The molecule has 20 heavy (non-hydrogen) atoms. The fourth-order valence-electron chi connectivity index (χ4n) is 2.80. The molecule has 1 aromatic rings. The zero-order valence-corrected chi connectivity index (χ0v) is 13.1. The van der Waals surface area contributed by atoms with E-state index >= 15 is 0 Å². The number of nitrogens with two attached hydrogens (primary N) is 1. The molecule has 1 amide bonds. The van der Waals surface area contributed by atoms with Crippen molar-refractivity contribution < 1.29 is 4.79 Å². The van der Waals surface area contributed by atoms with Crippen LogP contribution in [0.4, 0.5) is 0 Å². The highest BCUT2D eigenvalue weighted by atomic mass is 35.5. The van der Waals surface area contributed by atoms with Crippen molar-refractivity contribution in [2.75, 3.05) is 13.1 Å². The van der Waals surface area contributed by atoms with Crippen LogP contribution in [0.1, 0.15) is 38.2 Å². The van der Waals surface area contributed by atoms with Gasteiger partial charge in [0.05, 0.1) is 5.92 Å². The van der Waals surface area contributed by atoms with E-state index in [1.807, 2.05) is 49.1 Å². The Morgan fingerprint density at radius 1 is 1.30 bits per heavy atom. The number of amides is 1. The Kier molecular flexibility index (Phi) is 6.50. The van der Waals surface area contributed by atoms with Crippen LogP contribution < -0.4 is 5.73 Å². The second kappa shape index (κ2) is 7.65. The molecule has 3 atom stereocenters. The van der Waals surface area contributed by atoms with Gasteiger partial charge >= 0.3 is 0 Å². The molecular formula is C16H25ClN2O. The summed E-state index contributed by atoms with van der Waals surface area (Å²) in [5.41, 5.74) is 7.07. The summed E-state index contributed by atoms with van der Waals surface area (Å²) < 4.78 is 0. The van der Waals surface area contributed by atoms with E-state index in [9.17, 15) is 4.79 Å². The fraction of sp³-hybridized carbons (Fsp3) is 0.562. The third-order valence-electron chi connectivity index (χ3n) is 4.18. The summed E-state index contributed by atoms with van der Waals surface area (Å²) in [5, 5.41) is 0. The standard InChI is InChI=1S/C16H24N2O.ClH/c1-12(14-7-4-3-5-8-14)16(19)18-10-6-9-15(11-18)13(2)17;/h3-5,7-8,12-13,15H,6,9-11,17H2,1-2H3;1H. The first kappa shape index (κ1) is 17.0. The first-order valence-corrected chi connectivity index (χ1v) is 7.19. The predicted octanol–water partition coefficient (Wildman–Crippen LogP) is 2.80. The van der Waals surface area contributed by atoms with Crippen LogP contribution in [0.15, 0.2) is 30.3 Å². The van der Waals surface area contributed by atoms with E-state index in [4.69, 9.17) is 5.73 Å². The Morgan fingerprint density at radius 3 is 2.55 bits per heavy atom. The molecule has 1 aliphatic heterocycles. The van der Waals surface area contributed by atoms with Gasteiger partial charge in [0, 0.05) is 19.1 Å². The smallest absolute Gasteiger partial charge is 0.229 e. The van der Waals surface area contributed by atoms with Gasteiger partial charge in [-0.15, -0.1) is 12.4 Å². The molecule has 2 rings (SSSR count). The van der Waals surface area contributed by atoms with Gasteiger partial charge in [-0.2, -0.15) is 0 Å². The molecule has 3 nitrogen and oxygen atoms in total. The maximum atomic E-state index is 12.6. The van der Waals surface area contributed by atoms with Crippen LogP contribution in [0.5, 0.6) is 0 Å². The lowest BCUT2D eigenvalue weighted by Crippen LogP contribution is -2.46. The Bertz CT molecular complexity index is 422. The molecule has 0 saturated carbocycles. The Morgan fingerprint density at radius 2 is 1.95 bits per heavy atom. The topological polar surface area (TPSA) is 46.3 Å². The van der Waals surface area contributed by atoms with E-state index in [1.54, 1.807) is 0 Å². The van der Waals surface area contributed by atoms with Gasteiger partial charge in [-0.3, -0.25) is 4.79 Å². The van der Waals surface area contributed by atoms with Crippen molar-refractivity contribution in [1.82, 2.24) is 4.90 Å². The minimum atomic E-state index is -0.0620. The van der Waals surface area contributed by atoms with Crippen molar-refractivity contribution in [1.29, 1.82) is 0 Å². The van der Waals surface area contributed by atoms with Crippen LogP contribution in [0.3, 0.4) is 0 Å². The maximum Gasteiger partial charge on any atom is 0.229 e. The minimum absolute atomic E-state index is 0. The van der Waals surface area contributed by atoms with Gasteiger partial charge < -0.3 is 10.6 Å². The maximum absolute atomic E-state index is 12.6. The average molecular weight is 297 g/mol. The van der Waals surface area contributed by atoms with E-state index in [-0.39, 0.29) is 30.3 Å². The second-order valence-corrected chi connectivity index (χ2v) is 5.68. The summed E-state index contributed by atoms with van der Waals surface area (Å²) in [6.07, 6.45) is 2.21. The number of piperidine rings is 1. The molecule has 0 bridgehead atoms. The average Bonchev–Trinajstić information content (AvgIpc) is 2.46. The lowest BCUT2D eigenvalue weighted by atomic mass is 9.90. The highest BCUT2D eigenvalue weighted by molar-refractivity contribution is 5.85. The van der Waals surface area contributed by atoms with E-state index in [0.717, 1.165) is 31.5 Å². The first-order valence-electron chi connectivity index (χ1n) is 7.19. The zero-order chi connectivity index (χ0) is 13.8. The molecule has 1 heterocycles. The summed E-state index contributed by atoms with van der Waals surface area (Å²) in [4.78, 5) is 14.5. The van der Waals surface area contributed by atoms with Gasteiger partial charge in [0.1, 0.15) is 0 Å². The number of rotatable bonds is 3. The van der Waals surface area contributed by atoms with Crippen molar-refractivity contribution in [3.05, 3.63) is 35.9 Å². The normalized spacial score (nSPS) is 21.8. The molecule has 0 spiro atoms. The molecule has 112 valence electrons. The van der Waals surface area contributed by atoms with E-state index < -0.39 is 0 Å². The monoisotopic (exact) mass is 296 g/mol. The molecule has 2 N–H and O–H groups in total. The van der Waals surface area contributed by atoms with Crippen molar-refractivity contribution in [3.8, 4) is 0 Å². The van der Waals surface area contributed by atoms with E-state index in [1.165, 1.54) is 0 Å². The molecule has 3 unspecified atom stereocenters. The number of hydrogen-bond acceptors (Lipinski definition) is 2. The first-order chi connectivity index (χ1) is 9.09. The number of carbonyl (C=O) groups excluding carboxylic acids is 1. The van der Waals surface area contributed by atoms with Gasteiger partial charge in [-0.1, -0.05) is 30.3 Å². The van der Waals surface area contributed by atoms with Gasteiger partial charge in [-0.05, 0) is 38.2 Å². The van der Waals surface area contributed by atoms with Crippen LogP contribution in [0.2, 0.25) is 0 Å². The summed E-state index contributed by atoms with van der Waals surface area (Å²) in [5.74, 6) is 0.616. The molecule has 0 radical (unpaired) electrons. The molecule has 1 fully saturated rings. The molecular weight excluding hydrogens is 272 g/mol. The molecule has 4 heteroatoms. The lowest BCUT2D eigenvalue weighted by molar-refractivity contribution is -0.134. The van der Waals surface area contributed by atoms with Crippen molar-refractivity contribution >= 4 is 18.3 Å². The Hall–Kier alpha value is -1.06. The Labute approximate surface area is 127 Å². The fourth-order valence-corrected chi connectivity index (χ4v) is 2.80. The molecule has 1 aromatic carbocycles. The predicted molar refractivity (Wildman–Crippen MR) is 85.1 cm³/mol. The van der Waals surface area contributed by atoms with Crippen LogP contribution in [-0.2, 0) is 4.79 Å². The second-order valence-electron chi connectivity index (χ2n) is 5.68. The summed E-state index contributed by atoms with van der Waals surface area (Å²) in [6.45, 7) is 5.72. The van der Waals surface area contributed by atoms with Gasteiger partial charge in [0.25, 0.3) is 0 Å². The highest BCUT2D eigenvalue weighted by Gasteiger charge is 2.28. The van der Waals surface area contributed by atoms with Crippen LogP contribution in [0.25, 0.3) is 0 Å². The lowest BCUT2D eigenvalue weighted by Gasteiger charge is -2.36. The summed E-state index contributed by atoms with van der Waals surface area (Å²) >= 11 is 0. The van der Waals surface area contributed by atoms with E-state index in [2.05, 4.69) is 0 Å². The highest BCUT2D eigenvalue weighted by Crippen LogP contribution is 2.23. The minimum Gasteiger partial charge on any atom is -0.342 e.